The van der Waals surface area contributed by atoms with E-state index < -0.39 is 0 Å². The van der Waals surface area contributed by atoms with E-state index in [1.807, 2.05) is 20.9 Å². The Morgan fingerprint density at radius 2 is 1.87 bits per heavy atom. The molecular formula is C17H16FN3OS. The number of thiazole rings is 1. The van der Waals surface area contributed by atoms with Crippen LogP contribution in [0.2, 0.25) is 0 Å². The molecule has 0 saturated carbocycles. The van der Waals surface area contributed by atoms with Crippen molar-refractivity contribution in [3.8, 4) is 11.3 Å². The monoisotopic (exact) mass is 329 g/mol. The molecule has 6 heteroatoms. The van der Waals surface area contributed by atoms with Gasteiger partial charge in [0.25, 0.3) is 5.91 Å². The number of piperidine rings is 1. The molecule has 0 N–H and O–H groups in total. The first-order valence-corrected chi connectivity index (χ1v) is 8.63. The summed E-state index contributed by atoms with van der Waals surface area (Å²) in [5.74, 6) is -0.316. The van der Waals surface area contributed by atoms with Crippen LogP contribution < -0.4 is 0 Å². The van der Waals surface area contributed by atoms with E-state index in [0.717, 1.165) is 42.1 Å². The number of halogens is 1. The van der Waals surface area contributed by atoms with Gasteiger partial charge in [0.15, 0.2) is 10.7 Å². The summed E-state index contributed by atoms with van der Waals surface area (Å²) in [6.07, 6.45) is 5.16. The molecule has 1 fully saturated rings. The molecule has 1 aliphatic rings. The van der Waals surface area contributed by atoms with E-state index in [1.54, 1.807) is 12.1 Å². The number of amides is 1. The molecule has 2 aromatic heterocycles. The summed E-state index contributed by atoms with van der Waals surface area (Å²) >= 11 is 1.49. The summed E-state index contributed by atoms with van der Waals surface area (Å²) in [6, 6.07) is 6.22. The second kappa shape index (κ2) is 5.77. The molecule has 0 bridgehead atoms. The fraction of sp³-hybridized carbons (Fsp3) is 0.294. The number of carbonyl (C=O) groups excluding carboxylic acids is 1. The van der Waals surface area contributed by atoms with Gasteiger partial charge in [0, 0.05) is 30.2 Å². The van der Waals surface area contributed by atoms with Gasteiger partial charge in [-0.3, -0.25) is 9.20 Å². The van der Waals surface area contributed by atoms with Crippen LogP contribution in [0.15, 0.2) is 35.8 Å². The molecule has 4 rings (SSSR count). The maximum atomic E-state index is 13.2. The fourth-order valence-corrected chi connectivity index (χ4v) is 3.78. The number of hydrogen-bond acceptors (Lipinski definition) is 3. The number of benzene rings is 1. The van der Waals surface area contributed by atoms with Crippen molar-refractivity contribution in [3.63, 3.8) is 0 Å². The largest absolute Gasteiger partial charge is 0.337 e. The predicted molar refractivity (Wildman–Crippen MR) is 88.2 cm³/mol. The molecule has 1 aromatic carbocycles. The molecule has 3 aromatic rings. The first kappa shape index (κ1) is 14.4. The van der Waals surface area contributed by atoms with Gasteiger partial charge in [0.05, 0.1) is 5.69 Å². The Hall–Kier alpha value is -2.21. The third kappa shape index (κ3) is 2.53. The minimum Gasteiger partial charge on any atom is -0.337 e. The number of fused-ring (bicyclic) bond motifs is 1. The topological polar surface area (TPSA) is 37.6 Å². The Bertz CT molecular complexity index is 846. The van der Waals surface area contributed by atoms with Crippen molar-refractivity contribution in [2.45, 2.75) is 19.3 Å². The Labute approximate surface area is 137 Å². The van der Waals surface area contributed by atoms with Gasteiger partial charge in [0.2, 0.25) is 0 Å². The van der Waals surface area contributed by atoms with Crippen LogP contribution in [0.3, 0.4) is 0 Å². The van der Waals surface area contributed by atoms with Crippen LogP contribution in [-0.2, 0) is 0 Å². The second-order valence-corrected chi connectivity index (χ2v) is 6.60. The quantitative estimate of drug-likeness (QED) is 0.716. The van der Waals surface area contributed by atoms with Crippen molar-refractivity contribution in [1.82, 2.24) is 14.3 Å². The van der Waals surface area contributed by atoms with E-state index >= 15 is 0 Å². The summed E-state index contributed by atoms with van der Waals surface area (Å²) in [7, 11) is 0. The molecular weight excluding hydrogens is 313 g/mol. The minimum absolute atomic E-state index is 0.0278. The molecule has 0 radical (unpaired) electrons. The normalized spacial score (nSPS) is 15.3. The summed E-state index contributed by atoms with van der Waals surface area (Å²) < 4.78 is 15.1. The number of likely N-dealkylation sites (tertiary alicyclic amines) is 1. The van der Waals surface area contributed by atoms with Crippen LogP contribution in [0.5, 0.6) is 0 Å². The molecule has 0 unspecified atom stereocenters. The van der Waals surface area contributed by atoms with Crippen molar-refractivity contribution >= 4 is 22.2 Å². The molecule has 1 saturated heterocycles. The Morgan fingerprint density at radius 1 is 1.13 bits per heavy atom. The first-order valence-electron chi connectivity index (χ1n) is 7.75. The molecule has 0 atom stereocenters. The van der Waals surface area contributed by atoms with Gasteiger partial charge >= 0.3 is 0 Å². The summed E-state index contributed by atoms with van der Waals surface area (Å²) in [4.78, 5) is 20.1. The highest BCUT2D eigenvalue weighted by Gasteiger charge is 2.26. The van der Waals surface area contributed by atoms with E-state index in [2.05, 4.69) is 4.98 Å². The number of imidazole rings is 1. The molecule has 0 spiro atoms. The van der Waals surface area contributed by atoms with Crippen LogP contribution >= 0.6 is 11.3 Å². The van der Waals surface area contributed by atoms with E-state index in [4.69, 9.17) is 0 Å². The van der Waals surface area contributed by atoms with Crippen molar-refractivity contribution < 1.29 is 9.18 Å². The lowest BCUT2D eigenvalue weighted by Gasteiger charge is -2.26. The molecule has 1 amide bonds. The van der Waals surface area contributed by atoms with Gasteiger partial charge in [-0.15, -0.1) is 11.3 Å². The highest BCUT2D eigenvalue weighted by atomic mass is 32.1. The van der Waals surface area contributed by atoms with Gasteiger partial charge in [-0.1, -0.05) is 0 Å². The Balaban J connectivity index is 1.82. The van der Waals surface area contributed by atoms with E-state index in [0.29, 0.717) is 5.69 Å². The second-order valence-electron chi connectivity index (χ2n) is 5.72. The first-order chi connectivity index (χ1) is 11.2. The lowest BCUT2D eigenvalue weighted by Crippen LogP contribution is -2.36. The number of aromatic nitrogens is 2. The maximum Gasteiger partial charge on any atom is 0.274 e. The van der Waals surface area contributed by atoms with E-state index in [-0.39, 0.29) is 11.7 Å². The predicted octanol–water partition coefficient (Wildman–Crippen LogP) is 3.83. The highest BCUT2D eigenvalue weighted by Crippen LogP contribution is 2.29. The van der Waals surface area contributed by atoms with Gasteiger partial charge in [-0.25, -0.2) is 9.37 Å². The zero-order valence-electron chi connectivity index (χ0n) is 12.5. The average molecular weight is 329 g/mol. The molecule has 4 nitrogen and oxygen atoms in total. The lowest BCUT2D eigenvalue weighted by atomic mass is 10.1. The van der Waals surface area contributed by atoms with Gasteiger partial charge in [-0.05, 0) is 43.5 Å². The maximum absolute atomic E-state index is 13.2. The average Bonchev–Trinajstić information content (AvgIpc) is 3.17. The van der Waals surface area contributed by atoms with Gasteiger partial charge < -0.3 is 4.90 Å². The van der Waals surface area contributed by atoms with Crippen LogP contribution in [-0.4, -0.2) is 33.3 Å². The molecule has 118 valence electrons. The molecule has 23 heavy (non-hydrogen) atoms. The Kier molecular flexibility index (Phi) is 3.61. The number of rotatable bonds is 2. The van der Waals surface area contributed by atoms with Gasteiger partial charge in [0.1, 0.15) is 5.82 Å². The van der Waals surface area contributed by atoms with E-state index in [1.165, 1.54) is 29.9 Å². The number of hydrogen-bond donors (Lipinski definition) is 0. The van der Waals surface area contributed by atoms with Crippen molar-refractivity contribution in [1.29, 1.82) is 0 Å². The zero-order chi connectivity index (χ0) is 15.8. The van der Waals surface area contributed by atoms with Crippen molar-refractivity contribution in [2.24, 2.45) is 0 Å². The van der Waals surface area contributed by atoms with Crippen molar-refractivity contribution in [3.05, 3.63) is 47.4 Å². The number of nitrogens with zero attached hydrogens (tertiary/aromatic N) is 3. The van der Waals surface area contributed by atoms with E-state index in [9.17, 15) is 9.18 Å². The summed E-state index contributed by atoms with van der Waals surface area (Å²) in [6.45, 7) is 1.57. The highest BCUT2D eigenvalue weighted by molar-refractivity contribution is 7.15. The van der Waals surface area contributed by atoms with Crippen LogP contribution in [0.25, 0.3) is 16.2 Å². The Morgan fingerprint density at radius 3 is 2.61 bits per heavy atom. The summed E-state index contributed by atoms with van der Waals surface area (Å²) in [5, 5.41) is 1.94. The SMILES string of the molecule is O=C(c1nc2sccn2c1-c1ccc(F)cc1)N1CCCCC1. The smallest absolute Gasteiger partial charge is 0.274 e. The lowest BCUT2D eigenvalue weighted by molar-refractivity contribution is 0.0720. The standard InChI is InChI=1S/C17H16FN3OS/c18-13-6-4-12(5-7-13)15-14(19-17-21(15)10-11-23-17)16(22)20-8-2-1-3-9-20/h4-7,10-11H,1-3,8-9H2. The van der Waals surface area contributed by atoms with Crippen LogP contribution in [0.4, 0.5) is 4.39 Å². The zero-order valence-corrected chi connectivity index (χ0v) is 13.4. The van der Waals surface area contributed by atoms with Crippen LogP contribution in [0.1, 0.15) is 29.8 Å². The van der Waals surface area contributed by atoms with Gasteiger partial charge in [-0.2, -0.15) is 0 Å². The fourth-order valence-electron chi connectivity index (χ4n) is 3.07. The third-order valence-electron chi connectivity index (χ3n) is 4.23. The van der Waals surface area contributed by atoms with Crippen molar-refractivity contribution in [2.75, 3.05) is 13.1 Å². The minimum atomic E-state index is -0.288. The molecule has 0 aliphatic carbocycles. The third-order valence-corrected chi connectivity index (χ3v) is 4.98. The summed E-state index contributed by atoms with van der Waals surface area (Å²) in [5.41, 5.74) is 2.01. The van der Waals surface area contributed by atoms with Crippen LogP contribution in [0, 0.1) is 5.82 Å². The molecule has 1 aliphatic heterocycles. The molecule has 3 heterocycles. The number of carbonyl (C=O) groups is 1.